The van der Waals surface area contributed by atoms with Gasteiger partial charge in [-0.05, 0) is 57.8 Å². The Morgan fingerprint density at radius 2 is 1.02 bits per heavy atom. The topological polar surface area (TPSA) is 89.8 Å². The minimum atomic E-state index is -0.956. The SMILES string of the molecule is CCCCC/C=C\C=C/CCCCCCC(O)CC(=O)NC(CO)C(O)/C=C/CC/C=C/CCCCCCCCCCCCC. The molecule has 262 valence electrons. The van der Waals surface area contributed by atoms with Crippen LogP contribution in [0.2, 0.25) is 0 Å². The van der Waals surface area contributed by atoms with Crippen LogP contribution < -0.4 is 5.32 Å². The summed E-state index contributed by atoms with van der Waals surface area (Å²) >= 11 is 0. The van der Waals surface area contributed by atoms with Crippen LogP contribution in [0.15, 0.2) is 48.6 Å². The van der Waals surface area contributed by atoms with Crippen LogP contribution in [-0.4, -0.2) is 46.1 Å². The van der Waals surface area contributed by atoms with Crippen molar-refractivity contribution in [3.63, 3.8) is 0 Å². The molecule has 0 radical (unpaired) electrons. The molecule has 3 atom stereocenters. The quantitative estimate of drug-likeness (QED) is 0.0330. The fraction of sp³-hybridized carbons (Fsp3) is 0.775. The molecule has 0 aromatic rings. The second kappa shape index (κ2) is 35.2. The molecule has 0 bridgehead atoms. The van der Waals surface area contributed by atoms with E-state index in [0.29, 0.717) is 6.42 Å². The van der Waals surface area contributed by atoms with Crippen molar-refractivity contribution in [3.05, 3.63) is 48.6 Å². The number of carbonyl (C=O) groups is 1. The average molecular weight is 632 g/mol. The zero-order valence-corrected chi connectivity index (χ0v) is 29.5. The van der Waals surface area contributed by atoms with Gasteiger partial charge in [0.05, 0.1) is 31.3 Å². The van der Waals surface area contributed by atoms with E-state index in [4.69, 9.17) is 0 Å². The molecule has 45 heavy (non-hydrogen) atoms. The summed E-state index contributed by atoms with van der Waals surface area (Å²) in [5.74, 6) is -0.341. The molecule has 0 saturated heterocycles. The Morgan fingerprint density at radius 1 is 0.578 bits per heavy atom. The maximum atomic E-state index is 12.4. The first-order chi connectivity index (χ1) is 22.0. The molecule has 0 fully saturated rings. The van der Waals surface area contributed by atoms with Gasteiger partial charge in [0.25, 0.3) is 0 Å². The van der Waals surface area contributed by atoms with Gasteiger partial charge < -0.3 is 20.6 Å². The predicted octanol–water partition coefficient (Wildman–Crippen LogP) is 10.2. The number of aliphatic hydroxyl groups excluding tert-OH is 3. The first-order valence-electron chi connectivity index (χ1n) is 18.9. The average Bonchev–Trinajstić information content (AvgIpc) is 3.03. The predicted molar refractivity (Wildman–Crippen MR) is 194 cm³/mol. The third-order valence-electron chi connectivity index (χ3n) is 8.37. The number of unbranched alkanes of at least 4 members (excludes halogenated alkanes) is 19. The van der Waals surface area contributed by atoms with Crippen molar-refractivity contribution in [2.45, 2.75) is 193 Å². The lowest BCUT2D eigenvalue weighted by Crippen LogP contribution is -2.45. The van der Waals surface area contributed by atoms with Gasteiger partial charge in [0.2, 0.25) is 5.91 Å². The van der Waals surface area contributed by atoms with Gasteiger partial charge in [0.15, 0.2) is 0 Å². The molecule has 3 unspecified atom stereocenters. The molecule has 0 saturated carbocycles. The molecule has 0 aliphatic carbocycles. The maximum Gasteiger partial charge on any atom is 0.222 e. The Morgan fingerprint density at radius 3 is 1.60 bits per heavy atom. The number of hydrogen-bond donors (Lipinski definition) is 4. The Balaban J connectivity index is 3.82. The van der Waals surface area contributed by atoms with E-state index < -0.39 is 18.2 Å². The van der Waals surface area contributed by atoms with E-state index in [0.717, 1.165) is 57.8 Å². The Bertz CT molecular complexity index is 745. The minimum absolute atomic E-state index is 0.00974. The summed E-state index contributed by atoms with van der Waals surface area (Å²) in [6, 6.07) is -0.767. The first kappa shape index (κ1) is 43.3. The minimum Gasteiger partial charge on any atom is -0.394 e. The fourth-order valence-corrected chi connectivity index (χ4v) is 5.40. The number of hydrogen-bond acceptors (Lipinski definition) is 4. The summed E-state index contributed by atoms with van der Waals surface area (Å²) in [6.45, 7) is 4.14. The third-order valence-corrected chi connectivity index (χ3v) is 8.37. The smallest absolute Gasteiger partial charge is 0.222 e. The van der Waals surface area contributed by atoms with Gasteiger partial charge in [-0.15, -0.1) is 0 Å². The van der Waals surface area contributed by atoms with E-state index >= 15 is 0 Å². The third kappa shape index (κ3) is 32.1. The van der Waals surface area contributed by atoms with Crippen LogP contribution in [0.5, 0.6) is 0 Å². The van der Waals surface area contributed by atoms with Crippen LogP contribution in [0.3, 0.4) is 0 Å². The van der Waals surface area contributed by atoms with E-state index in [1.54, 1.807) is 6.08 Å². The lowest BCUT2D eigenvalue weighted by Gasteiger charge is -2.20. The molecule has 0 aliphatic rings. The number of carbonyl (C=O) groups excluding carboxylic acids is 1. The van der Waals surface area contributed by atoms with Crippen LogP contribution >= 0.6 is 0 Å². The van der Waals surface area contributed by atoms with Crippen molar-refractivity contribution < 1.29 is 20.1 Å². The molecular weight excluding hydrogens is 558 g/mol. The molecule has 4 N–H and O–H groups in total. The lowest BCUT2D eigenvalue weighted by molar-refractivity contribution is -0.124. The highest BCUT2D eigenvalue weighted by Gasteiger charge is 2.20. The van der Waals surface area contributed by atoms with Gasteiger partial charge >= 0.3 is 0 Å². The summed E-state index contributed by atoms with van der Waals surface area (Å²) < 4.78 is 0. The number of nitrogens with one attached hydrogen (secondary N) is 1. The Hall–Kier alpha value is -1.69. The summed E-state index contributed by atoms with van der Waals surface area (Å²) in [7, 11) is 0. The highest BCUT2D eigenvalue weighted by atomic mass is 16.3. The summed E-state index contributed by atoms with van der Waals surface area (Å²) in [5, 5.41) is 33.0. The van der Waals surface area contributed by atoms with Gasteiger partial charge in [0.1, 0.15) is 0 Å². The second-order valence-electron chi connectivity index (χ2n) is 12.8. The molecule has 0 spiro atoms. The van der Waals surface area contributed by atoms with Gasteiger partial charge in [-0.25, -0.2) is 0 Å². The van der Waals surface area contributed by atoms with Crippen LogP contribution in [0.25, 0.3) is 0 Å². The molecule has 0 rings (SSSR count). The first-order valence-corrected chi connectivity index (χ1v) is 18.9. The molecule has 0 aromatic heterocycles. The van der Waals surface area contributed by atoms with Crippen LogP contribution in [0, 0.1) is 0 Å². The van der Waals surface area contributed by atoms with Crippen molar-refractivity contribution in [2.24, 2.45) is 0 Å². The van der Waals surface area contributed by atoms with Gasteiger partial charge in [-0.1, -0.05) is 159 Å². The molecule has 0 aliphatic heterocycles. The zero-order valence-electron chi connectivity index (χ0n) is 29.5. The number of allylic oxidation sites excluding steroid dienone is 7. The largest absolute Gasteiger partial charge is 0.394 e. The molecular formula is C40H73NO4. The van der Waals surface area contributed by atoms with Gasteiger partial charge in [0, 0.05) is 0 Å². The Kier molecular flexibility index (Phi) is 33.8. The molecule has 5 nitrogen and oxygen atoms in total. The maximum absolute atomic E-state index is 12.4. The second-order valence-corrected chi connectivity index (χ2v) is 12.8. The van der Waals surface area contributed by atoms with Crippen molar-refractivity contribution in [1.82, 2.24) is 5.32 Å². The molecule has 0 aromatic carbocycles. The van der Waals surface area contributed by atoms with E-state index in [9.17, 15) is 20.1 Å². The summed E-state index contributed by atoms with van der Waals surface area (Å²) in [5.41, 5.74) is 0. The van der Waals surface area contributed by atoms with Crippen molar-refractivity contribution in [1.29, 1.82) is 0 Å². The van der Waals surface area contributed by atoms with Gasteiger partial charge in [-0.2, -0.15) is 0 Å². The highest BCUT2D eigenvalue weighted by molar-refractivity contribution is 5.76. The van der Waals surface area contributed by atoms with E-state index in [1.165, 1.54) is 89.9 Å². The van der Waals surface area contributed by atoms with E-state index in [2.05, 4.69) is 55.6 Å². The number of aliphatic hydroxyl groups is 3. The number of rotatable bonds is 33. The normalized spacial score (nSPS) is 14.3. The lowest BCUT2D eigenvalue weighted by atomic mass is 10.0. The van der Waals surface area contributed by atoms with E-state index in [1.807, 2.05) is 6.08 Å². The van der Waals surface area contributed by atoms with E-state index in [-0.39, 0.29) is 18.9 Å². The van der Waals surface area contributed by atoms with Crippen molar-refractivity contribution in [2.75, 3.05) is 6.61 Å². The van der Waals surface area contributed by atoms with Gasteiger partial charge in [-0.3, -0.25) is 4.79 Å². The molecule has 0 heterocycles. The monoisotopic (exact) mass is 632 g/mol. The van der Waals surface area contributed by atoms with Crippen molar-refractivity contribution in [3.8, 4) is 0 Å². The summed E-state index contributed by atoms with van der Waals surface area (Å²) in [4.78, 5) is 12.4. The standard InChI is InChI=1S/C40H73NO4/c1-3-5-7-9-11-13-15-17-18-19-20-22-24-26-28-30-32-34-39(44)38(36-42)41-40(45)35-37(43)33-31-29-27-25-23-21-16-14-12-10-8-6-4-2/h12,14,16,21,24,26,32,34,37-39,42-44H,3-11,13,15,17-20,22-23,25,27-31,33,35-36H2,1-2H3,(H,41,45)/b14-12-,21-16-,26-24+,34-32+. The Labute approximate surface area is 278 Å². The zero-order chi connectivity index (χ0) is 33.1. The van der Waals surface area contributed by atoms with Crippen LogP contribution in [0.1, 0.15) is 174 Å². The number of amides is 1. The molecule has 5 heteroatoms. The molecule has 1 amide bonds. The van der Waals surface area contributed by atoms with Crippen LogP contribution in [-0.2, 0) is 4.79 Å². The van der Waals surface area contributed by atoms with Crippen molar-refractivity contribution >= 4 is 5.91 Å². The fourth-order valence-electron chi connectivity index (χ4n) is 5.40. The highest BCUT2D eigenvalue weighted by Crippen LogP contribution is 2.13. The van der Waals surface area contributed by atoms with Crippen LogP contribution in [0.4, 0.5) is 0 Å². The summed E-state index contributed by atoms with van der Waals surface area (Å²) in [6.07, 6.45) is 43.8.